The number of carbonyl (C=O) groups is 3. The highest BCUT2D eigenvalue weighted by Gasteiger charge is 2.32. The quantitative estimate of drug-likeness (QED) is 0.657. The van der Waals surface area contributed by atoms with Crippen molar-refractivity contribution in [1.29, 1.82) is 0 Å². The summed E-state index contributed by atoms with van der Waals surface area (Å²) in [6, 6.07) is 4.43. The minimum Gasteiger partial charge on any atom is -0.508 e. The van der Waals surface area contributed by atoms with E-state index < -0.39 is 23.4 Å². The Morgan fingerprint density at radius 2 is 1.92 bits per heavy atom. The van der Waals surface area contributed by atoms with Gasteiger partial charge in [-0.2, -0.15) is 0 Å². The summed E-state index contributed by atoms with van der Waals surface area (Å²) in [6.07, 6.45) is -0.106. The monoisotopic (exact) mass is 345 g/mol. The molecule has 0 atom stereocenters. The molecule has 0 unspecified atom stereocenters. The Morgan fingerprint density at radius 1 is 1.24 bits per heavy atom. The number of hydrogen-bond acceptors (Lipinski definition) is 7. The number of carbonyl (C=O) groups excluding carboxylic acids is 3. The van der Waals surface area contributed by atoms with E-state index in [0.717, 1.165) is 0 Å². The van der Waals surface area contributed by atoms with Gasteiger partial charge in [0.25, 0.3) is 11.8 Å². The van der Waals surface area contributed by atoms with Crippen molar-refractivity contribution in [3.8, 4) is 5.75 Å². The van der Waals surface area contributed by atoms with Crippen LogP contribution in [0.1, 0.15) is 30.4 Å². The Balaban J connectivity index is 1.76. The van der Waals surface area contributed by atoms with Gasteiger partial charge in [0.2, 0.25) is 0 Å². The van der Waals surface area contributed by atoms with E-state index in [1.54, 1.807) is 13.0 Å². The number of aromatic hydroxyl groups is 1. The van der Waals surface area contributed by atoms with Crippen LogP contribution in [0.15, 0.2) is 27.4 Å². The van der Waals surface area contributed by atoms with E-state index in [4.69, 9.17) is 9.25 Å². The van der Waals surface area contributed by atoms with Crippen LogP contribution in [-0.2, 0) is 25.6 Å². The molecule has 1 aromatic heterocycles. The first-order chi connectivity index (χ1) is 11.9. The minimum absolute atomic E-state index is 0.0202. The Bertz CT molecular complexity index is 928. The third-order valence-corrected chi connectivity index (χ3v) is 4.05. The number of fused-ring (bicyclic) bond motifs is 1. The van der Waals surface area contributed by atoms with Crippen molar-refractivity contribution in [2.45, 2.75) is 32.6 Å². The SMILES string of the molecule is Cc1c(CCC(=O)ON2C(=O)CCC2=O)c(=O)oc2cc(O)ccc12. The van der Waals surface area contributed by atoms with Crippen molar-refractivity contribution < 1.29 is 28.7 Å². The maximum absolute atomic E-state index is 12.1. The van der Waals surface area contributed by atoms with Crippen LogP contribution in [0.25, 0.3) is 11.0 Å². The molecule has 3 rings (SSSR count). The van der Waals surface area contributed by atoms with Crippen LogP contribution in [0.5, 0.6) is 5.75 Å². The number of aryl methyl sites for hydroxylation is 1. The molecule has 1 aliphatic heterocycles. The van der Waals surface area contributed by atoms with Crippen LogP contribution in [0.2, 0.25) is 0 Å². The molecule has 1 saturated heterocycles. The molecule has 8 nitrogen and oxygen atoms in total. The summed E-state index contributed by atoms with van der Waals surface area (Å²) in [4.78, 5) is 51.6. The zero-order valence-corrected chi connectivity index (χ0v) is 13.4. The van der Waals surface area contributed by atoms with Crippen molar-refractivity contribution in [1.82, 2.24) is 5.06 Å². The van der Waals surface area contributed by atoms with Gasteiger partial charge >= 0.3 is 11.6 Å². The zero-order valence-electron chi connectivity index (χ0n) is 13.4. The zero-order chi connectivity index (χ0) is 18.1. The topological polar surface area (TPSA) is 114 Å². The summed E-state index contributed by atoms with van der Waals surface area (Å²) in [5, 5.41) is 10.6. The minimum atomic E-state index is -0.784. The average Bonchev–Trinajstić information content (AvgIpc) is 2.86. The number of nitrogens with zero attached hydrogens (tertiary/aromatic N) is 1. The highest BCUT2D eigenvalue weighted by atomic mass is 16.7. The lowest BCUT2D eigenvalue weighted by Crippen LogP contribution is -2.32. The molecule has 1 fully saturated rings. The summed E-state index contributed by atoms with van der Waals surface area (Å²) in [5.41, 5.74) is 0.570. The molecule has 8 heteroatoms. The highest BCUT2D eigenvalue weighted by Crippen LogP contribution is 2.24. The molecule has 2 heterocycles. The fourth-order valence-corrected chi connectivity index (χ4v) is 2.70. The summed E-state index contributed by atoms with van der Waals surface area (Å²) < 4.78 is 5.17. The molecular weight excluding hydrogens is 330 g/mol. The third-order valence-electron chi connectivity index (χ3n) is 4.05. The molecule has 130 valence electrons. The smallest absolute Gasteiger partial charge is 0.339 e. The van der Waals surface area contributed by atoms with Gasteiger partial charge in [0, 0.05) is 29.9 Å². The number of phenolic OH excluding ortho intramolecular Hbond substituents is 1. The molecule has 0 bridgehead atoms. The second-order valence-electron chi connectivity index (χ2n) is 5.72. The maximum Gasteiger partial charge on any atom is 0.339 e. The van der Waals surface area contributed by atoms with E-state index in [0.29, 0.717) is 21.6 Å². The van der Waals surface area contributed by atoms with Crippen molar-refractivity contribution >= 4 is 28.8 Å². The second kappa shape index (κ2) is 6.39. The molecule has 2 amide bonds. The van der Waals surface area contributed by atoms with Gasteiger partial charge in [-0.15, -0.1) is 5.06 Å². The molecule has 1 aromatic carbocycles. The van der Waals surface area contributed by atoms with Gasteiger partial charge in [-0.1, -0.05) is 0 Å². The Labute approximate surface area is 141 Å². The molecule has 0 saturated carbocycles. The third kappa shape index (κ3) is 3.23. The number of amides is 2. The standard InChI is InChI=1S/C17H15NO7/c1-9-11-3-2-10(19)8-13(11)24-17(23)12(9)4-7-16(22)25-18-14(20)5-6-15(18)21/h2-3,8,19H,4-7H2,1H3. The molecule has 1 N–H and O–H groups in total. The number of hydrogen-bond donors (Lipinski definition) is 1. The number of phenols is 1. The first kappa shape index (κ1) is 16.7. The number of hydroxylamine groups is 2. The van der Waals surface area contributed by atoms with Gasteiger partial charge in [0.15, 0.2) is 0 Å². The van der Waals surface area contributed by atoms with Crippen LogP contribution in [-0.4, -0.2) is 28.0 Å². The van der Waals surface area contributed by atoms with E-state index in [2.05, 4.69) is 0 Å². The first-order valence-corrected chi connectivity index (χ1v) is 7.68. The number of rotatable bonds is 4. The summed E-state index contributed by atoms with van der Waals surface area (Å²) >= 11 is 0. The second-order valence-corrected chi connectivity index (χ2v) is 5.72. The van der Waals surface area contributed by atoms with Crippen molar-refractivity contribution in [3.63, 3.8) is 0 Å². The molecule has 0 aliphatic carbocycles. The van der Waals surface area contributed by atoms with Crippen LogP contribution < -0.4 is 5.63 Å². The molecule has 0 spiro atoms. The number of imide groups is 1. The van der Waals surface area contributed by atoms with E-state index in [9.17, 15) is 24.3 Å². The average molecular weight is 345 g/mol. The van der Waals surface area contributed by atoms with Gasteiger partial charge in [-0.25, -0.2) is 9.59 Å². The van der Waals surface area contributed by atoms with Gasteiger partial charge in [-0.3, -0.25) is 9.59 Å². The van der Waals surface area contributed by atoms with Crippen LogP contribution >= 0.6 is 0 Å². The summed E-state index contributed by atoms with van der Waals surface area (Å²) in [5.74, 6) is -1.92. The maximum atomic E-state index is 12.1. The van der Waals surface area contributed by atoms with Gasteiger partial charge in [0.1, 0.15) is 11.3 Å². The van der Waals surface area contributed by atoms with Gasteiger partial charge < -0.3 is 14.4 Å². The lowest BCUT2D eigenvalue weighted by molar-refractivity contribution is -0.197. The Morgan fingerprint density at radius 3 is 2.60 bits per heavy atom. The van der Waals surface area contributed by atoms with E-state index >= 15 is 0 Å². The van der Waals surface area contributed by atoms with Gasteiger partial charge in [0.05, 0.1) is 6.42 Å². The van der Waals surface area contributed by atoms with E-state index in [1.165, 1.54) is 12.1 Å². The van der Waals surface area contributed by atoms with Crippen molar-refractivity contribution in [2.75, 3.05) is 0 Å². The highest BCUT2D eigenvalue weighted by molar-refractivity contribution is 6.01. The predicted molar refractivity (Wildman–Crippen MR) is 84.4 cm³/mol. The lowest BCUT2D eigenvalue weighted by Gasteiger charge is -2.13. The molecular formula is C17H15NO7. The lowest BCUT2D eigenvalue weighted by atomic mass is 10.0. The molecule has 2 aromatic rings. The van der Waals surface area contributed by atoms with Crippen molar-refractivity contribution in [2.24, 2.45) is 0 Å². The fraction of sp³-hybridized carbons (Fsp3) is 0.294. The van der Waals surface area contributed by atoms with Crippen molar-refractivity contribution in [3.05, 3.63) is 39.7 Å². The van der Waals surface area contributed by atoms with E-state index in [1.807, 2.05) is 0 Å². The summed E-state index contributed by atoms with van der Waals surface area (Å²) in [7, 11) is 0. The fourth-order valence-electron chi connectivity index (χ4n) is 2.70. The predicted octanol–water partition coefficient (Wildman–Crippen LogP) is 1.35. The molecule has 0 radical (unpaired) electrons. The summed E-state index contributed by atoms with van der Waals surface area (Å²) in [6.45, 7) is 1.71. The Kier molecular flexibility index (Phi) is 4.26. The number of benzene rings is 1. The van der Waals surface area contributed by atoms with Crippen LogP contribution in [0.4, 0.5) is 0 Å². The first-order valence-electron chi connectivity index (χ1n) is 7.68. The van der Waals surface area contributed by atoms with E-state index in [-0.39, 0.29) is 37.0 Å². The largest absolute Gasteiger partial charge is 0.508 e. The van der Waals surface area contributed by atoms with Crippen LogP contribution in [0, 0.1) is 6.92 Å². The van der Waals surface area contributed by atoms with Crippen LogP contribution in [0.3, 0.4) is 0 Å². The molecule has 1 aliphatic rings. The van der Waals surface area contributed by atoms with Gasteiger partial charge in [-0.05, 0) is 31.0 Å². The Hall–Kier alpha value is -3.16. The molecule has 25 heavy (non-hydrogen) atoms. The normalized spacial score (nSPS) is 14.4.